The zero-order chi connectivity index (χ0) is 14.6. The van der Waals surface area contributed by atoms with Crippen molar-refractivity contribution >= 4 is 32.7 Å². The van der Waals surface area contributed by atoms with Crippen LogP contribution in [0, 0.1) is 6.92 Å². The predicted molar refractivity (Wildman–Crippen MR) is 82.6 cm³/mol. The number of nitrogens with one attached hydrogen (secondary N) is 2. The molecule has 0 fully saturated rings. The fraction of sp³-hybridized carbons (Fsp3) is 0.417. The minimum atomic E-state index is -3.46. The summed E-state index contributed by atoms with van der Waals surface area (Å²) in [7, 11) is -3.46. The average Bonchev–Trinajstić information content (AvgIpc) is 3.03. The van der Waals surface area contributed by atoms with Crippen LogP contribution in [-0.2, 0) is 23.1 Å². The number of aryl methyl sites for hydroxylation is 1. The van der Waals surface area contributed by atoms with Gasteiger partial charge in [-0.15, -0.1) is 22.7 Å². The molecule has 5 nitrogen and oxygen atoms in total. The van der Waals surface area contributed by atoms with E-state index in [1.807, 2.05) is 19.2 Å². The molecule has 0 saturated carbocycles. The molecule has 0 amide bonds. The largest absolute Gasteiger partial charge is 0.312 e. The number of rotatable bonds is 7. The molecular formula is C12H17N3O2S3. The van der Waals surface area contributed by atoms with Gasteiger partial charge in [0.25, 0.3) is 0 Å². The van der Waals surface area contributed by atoms with Crippen LogP contribution in [0.5, 0.6) is 0 Å². The van der Waals surface area contributed by atoms with Crippen molar-refractivity contribution < 1.29 is 8.42 Å². The van der Waals surface area contributed by atoms with Crippen molar-refractivity contribution in [1.82, 2.24) is 15.0 Å². The zero-order valence-electron chi connectivity index (χ0n) is 11.3. The van der Waals surface area contributed by atoms with Gasteiger partial charge in [-0.05, 0) is 19.5 Å². The molecule has 0 atom stereocenters. The van der Waals surface area contributed by atoms with E-state index in [9.17, 15) is 8.42 Å². The molecule has 0 saturated heterocycles. The van der Waals surface area contributed by atoms with Crippen molar-refractivity contribution in [3.05, 3.63) is 32.4 Å². The van der Waals surface area contributed by atoms with Crippen molar-refractivity contribution in [2.75, 3.05) is 6.54 Å². The smallest absolute Gasteiger partial charge is 0.241 e. The Morgan fingerprint density at radius 3 is 2.70 bits per heavy atom. The third-order valence-corrected chi connectivity index (χ3v) is 5.89. The minimum absolute atomic E-state index is 0.227. The number of hydrogen-bond donors (Lipinski definition) is 2. The SMILES string of the molecule is CCNCc1cc(S(=O)(=O)NCc2csc(C)n2)cs1. The molecule has 8 heteroatoms. The summed E-state index contributed by atoms with van der Waals surface area (Å²) in [5.41, 5.74) is 0.749. The second kappa shape index (κ2) is 6.77. The van der Waals surface area contributed by atoms with Crippen LogP contribution in [0.2, 0.25) is 0 Å². The van der Waals surface area contributed by atoms with Crippen LogP contribution in [0.25, 0.3) is 0 Å². The van der Waals surface area contributed by atoms with Crippen molar-refractivity contribution in [3.8, 4) is 0 Å². The van der Waals surface area contributed by atoms with Gasteiger partial charge in [0.05, 0.1) is 22.1 Å². The number of nitrogens with zero attached hydrogens (tertiary/aromatic N) is 1. The number of thiazole rings is 1. The van der Waals surface area contributed by atoms with Crippen LogP contribution >= 0.6 is 22.7 Å². The maximum Gasteiger partial charge on any atom is 0.241 e. The molecule has 0 unspecified atom stereocenters. The van der Waals surface area contributed by atoms with Gasteiger partial charge in [0.1, 0.15) is 0 Å². The summed E-state index contributed by atoms with van der Waals surface area (Å²) in [6, 6.07) is 1.71. The number of hydrogen-bond acceptors (Lipinski definition) is 6. The van der Waals surface area contributed by atoms with Gasteiger partial charge in [-0.2, -0.15) is 0 Å². The molecule has 0 spiro atoms. The van der Waals surface area contributed by atoms with Crippen molar-refractivity contribution in [2.24, 2.45) is 0 Å². The van der Waals surface area contributed by atoms with E-state index in [2.05, 4.69) is 15.0 Å². The molecule has 0 radical (unpaired) electrons. The van der Waals surface area contributed by atoms with Crippen molar-refractivity contribution in [2.45, 2.75) is 31.8 Å². The summed E-state index contributed by atoms with van der Waals surface area (Å²) < 4.78 is 26.9. The fourth-order valence-electron chi connectivity index (χ4n) is 1.58. The molecule has 2 rings (SSSR count). The summed E-state index contributed by atoms with van der Waals surface area (Å²) in [4.78, 5) is 5.57. The Hall–Kier alpha value is -0.800. The molecule has 20 heavy (non-hydrogen) atoms. The molecule has 2 heterocycles. The molecule has 2 aromatic heterocycles. The van der Waals surface area contributed by atoms with E-state index in [4.69, 9.17) is 0 Å². The highest BCUT2D eigenvalue weighted by Gasteiger charge is 2.16. The Morgan fingerprint density at radius 2 is 2.05 bits per heavy atom. The van der Waals surface area contributed by atoms with Gasteiger partial charge in [-0.25, -0.2) is 18.1 Å². The molecule has 0 aliphatic rings. The van der Waals surface area contributed by atoms with E-state index in [-0.39, 0.29) is 6.54 Å². The Kier molecular flexibility index (Phi) is 5.28. The van der Waals surface area contributed by atoms with Gasteiger partial charge in [-0.1, -0.05) is 6.92 Å². The lowest BCUT2D eigenvalue weighted by atomic mass is 10.4. The lowest BCUT2D eigenvalue weighted by molar-refractivity contribution is 0.581. The Morgan fingerprint density at radius 1 is 1.25 bits per heavy atom. The summed E-state index contributed by atoms with van der Waals surface area (Å²) in [5.74, 6) is 0. The lowest BCUT2D eigenvalue weighted by Gasteiger charge is -2.02. The molecule has 2 N–H and O–H groups in total. The van der Waals surface area contributed by atoms with Crippen LogP contribution in [0.15, 0.2) is 21.7 Å². The normalized spacial score (nSPS) is 11.9. The monoisotopic (exact) mass is 331 g/mol. The highest BCUT2D eigenvalue weighted by molar-refractivity contribution is 7.89. The standard InChI is InChI=1S/C12H17N3O2S3/c1-3-13-6-11-4-12(8-19-11)20(16,17)14-5-10-7-18-9(2)15-10/h4,7-8,13-14H,3,5-6H2,1-2H3. The Balaban J connectivity index is 2.00. The molecule has 110 valence electrons. The summed E-state index contributed by atoms with van der Waals surface area (Å²) in [5, 5.41) is 7.64. The molecular weight excluding hydrogens is 314 g/mol. The molecule has 0 aliphatic heterocycles. The van der Waals surface area contributed by atoms with Gasteiger partial charge in [-0.3, -0.25) is 0 Å². The van der Waals surface area contributed by atoms with Crippen LogP contribution in [-0.4, -0.2) is 19.9 Å². The third-order valence-electron chi connectivity index (χ3n) is 2.60. The highest BCUT2D eigenvalue weighted by Crippen LogP contribution is 2.19. The van der Waals surface area contributed by atoms with Crippen LogP contribution in [0.4, 0.5) is 0 Å². The number of thiophene rings is 1. The summed E-state index contributed by atoms with van der Waals surface area (Å²) >= 11 is 2.96. The predicted octanol–water partition coefficient (Wildman–Crippen LogP) is 2.10. The maximum absolute atomic E-state index is 12.2. The summed E-state index contributed by atoms with van der Waals surface area (Å²) in [6.45, 7) is 5.70. The first kappa shape index (κ1) is 15.6. The highest BCUT2D eigenvalue weighted by atomic mass is 32.2. The van der Waals surface area contributed by atoms with E-state index in [1.54, 1.807) is 11.4 Å². The van der Waals surface area contributed by atoms with Crippen molar-refractivity contribution in [3.63, 3.8) is 0 Å². The zero-order valence-corrected chi connectivity index (χ0v) is 13.8. The van der Waals surface area contributed by atoms with Crippen LogP contribution in [0.3, 0.4) is 0 Å². The van der Waals surface area contributed by atoms with Gasteiger partial charge in [0.2, 0.25) is 10.0 Å². The topological polar surface area (TPSA) is 71.1 Å². The van der Waals surface area contributed by atoms with Gasteiger partial charge in [0, 0.05) is 22.2 Å². The number of aromatic nitrogens is 1. The maximum atomic E-state index is 12.2. The lowest BCUT2D eigenvalue weighted by Crippen LogP contribution is -2.23. The minimum Gasteiger partial charge on any atom is -0.312 e. The van der Waals surface area contributed by atoms with Gasteiger partial charge >= 0.3 is 0 Å². The molecule has 2 aromatic rings. The van der Waals surface area contributed by atoms with E-state index in [0.717, 1.165) is 22.1 Å². The second-order valence-electron chi connectivity index (χ2n) is 4.21. The molecule has 0 aromatic carbocycles. The first-order valence-corrected chi connectivity index (χ1v) is 9.44. The molecule has 0 bridgehead atoms. The van der Waals surface area contributed by atoms with Gasteiger partial charge in [0.15, 0.2) is 0 Å². The summed E-state index contributed by atoms with van der Waals surface area (Å²) in [6.07, 6.45) is 0. The number of sulfonamides is 1. The van der Waals surface area contributed by atoms with E-state index in [0.29, 0.717) is 11.4 Å². The van der Waals surface area contributed by atoms with Crippen LogP contribution in [0.1, 0.15) is 22.5 Å². The van der Waals surface area contributed by atoms with Crippen LogP contribution < -0.4 is 10.0 Å². The van der Waals surface area contributed by atoms with E-state index < -0.39 is 10.0 Å². The van der Waals surface area contributed by atoms with Gasteiger partial charge < -0.3 is 5.32 Å². The fourth-order valence-corrected chi connectivity index (χ4v) is 4.44. The average molecular weight is 331 g/mol. The quantitative estimate of drug-likeness (QED) is 0.815. The Bertz CT molecular complexity index is 661. The van der Waals surface area contributed by atoms with Crippen molar-refractivity contribution in [1.29, 1.82) is 0 Å². The molecule has 0 aliphatic carbocycles. The first-order valence-electron chi connectivity index (χ1n) is 6.20. The van der Waals surface area contributed by atoms with E-state index in [1.165, 1.54) is 22.7 Å². The first-order chi connectivity index (χ1) is 9.51. The third kappa shape index (κ3) is 4.10. The second-order valence-corrected chi connectivity index (χ2v) is 8.04. The Labute approximate surface area is 127 Å². The van der Waals surface area contributed by atoms with E-state index >= 15 is 0 Å².